The van der Waals surface area contributed by atoms with Gasteiger partial charge < -0.3 is 19.6 Å². The van der Waals surface area contributed by atoms with Crippen LogP contribution in [0.3, 0.4) is 0 Å². The Labute approximate surface area is 192 Å². The fourth-order valence-electron chi connectivity index (χ4n) is 3.15. The highest BCUT2D eigenvalue weighted by atomic mass is 16.6. The summed E-state index contributed by atoms with van der Waals surface area (Å²) in [7, 11) is 0. The molecule has 0 fully saturated rings. The number of hydrogen-bond acceptors (Lipinski definition) is 10. The van der Waals surface area contributed by atoms with Gasteiger partial charge in [-0.15, -0.1) is 5.10 Å². The maximum atomic E-state index is 12.2. The summed E-state index contributed by atoms with van der Waals surface area (Å²) in [5, 5.41) is 12.4. The first-order valence-electron chi connectivity index (χ1n) is 10.3. The molecular weight excluding hydrogens is 440 g/mol. The molecule has 0 radical (unpaired) electrons. The third-order valence-electron chi connectivity index (χ3n) is 4.51. The molecule has 0 saturated carbocycles. The van der Waals surface area contributed by atoms with E-state index in [0.29, 0.717) is 39.8 Å². The van der Waals surface area contributed by atoms with Gasteiger partial charge in [-0.25, -0.2) is 9.78 Å². The number of nitrogens with two attached hydrogens (primary N) is 1. The Morgan fingerprint density at radius 1 is 1.12 bits per heavy atom. The summed E-state index contributed by atoms with van der Waals surface area (Å²) in [6, 6.07) is 10.5. The second kappa shape index (κ2) is 7.99. The van der Waals surface area contributed by atoms with E-state index in [1.54, 1.807) is 63.4 Å². The second-order valence-electron chi connectivity index (χ2n) is 8.30. The number of furan rings is 1. The van der Waals surface area contributed by atoms with Crippen LogP contribution in [-0.2, 0) is 4.74 Å². The normalized spacial score (nSPS) is 11.6. The summed E-state index contributed by atoms with van der Waals surface area (Å²) in [5.41, 5.74) is 7.04. The van der Waals surface area contributed by atoms with Gasteiger partial charge in [0.2, 0.25) is 5.95 Å². The average Bonchev–Trinajstić information content (AvgIpc) is 3.53. The summed E-state index contributed by atoms with van der Waals surface area (Å²) in [5.74, 6) is 1.86. The number of fused-ring (bicyclic) bond motifs is 1. The number of rotatable bonds is 4. The van der Waals surface area contributed by atoms with Crippen molar-refractivity contribution >= 4 is 23.1 Å². The largest absolute Gasteiger partial charge is 0.463 e. The molecule has 0 saturated heterocycles. The molecule has 1 aromatic carbocycles. The van der Waals surface area contributed by atoms with Gasteiger partial charge in [0.05, 0.1) is 18.7 Å². The minimum absolute atomic E-state index is 0.0644. The van der Waals surface area contributed by atoms with Crippen molar-refractivity contribution in [3.63, 3.8) is 0 Å². The van der Waals surface area contributed by atoms with Gasteiger partial charge in [-0.3, -0.25) is 0 Å². The Morgan fingerprint density at radius 2 is 1.97 bits per heavy atom. The van der Waals surface area contributed by atoms with Crippen LogP contribution >= 0.6 is 0 Å². The van der Waals surface area contributed by atoms with Crippen molar-refractivity contribution in [2.45, 2.75) is 26.4 Å². The Kier molecular flexibility index (Phi) is 4.97. The molecular formula is C22H20N8O4. The Bertz CT molecular complexity index is 1480. The zero-order valence-corrected chi connectivity index (χ0v) is 18.5. The zero-order valence-electron chi connectivity index (χ0n) is 18.5. The molecule has 4 heterocycles. The fraction of sp³-hybridized carbons (Fsp3) is 0.182. The smallest absolute Gasteiger partial charge is 0.435 e. The van der Waals surface area contributed by atoms with E-state index in [-0.39, 0.29) is 5.95 Å². The number of benzene rings is 1. The highest BCUT2D eigenvalue weighted by Crippen LogP contribution is 2.27. The van der Waals surface area contributed by atoms with E-state index in [9.17, 15) is 4.79 Å². The minimum atomic E-state index is -0.637. The van der Waals surface area contributed by atoms with E-state index >= 15 is 0 Å². The number of ether oxygens (including phenoxy) is 2. The molecule has 5 rings (SSSR count). The van der Waals surface area contributed by atoms with Crippen LogP contribution in [0.25, 0.3) is 28.3 Å². The molecule has 34 heavy (non-hydrogen) atoms. The van der Waals surface area contributed by atoms with Crippen molar-refractivity contribution in [1.29, 1.82) is 0 Å². The molecule has 2 N–H and O–H groups in total. The molecule has 0 aliphatic carbocycles. The van der Waals surface area contributed by atoms with Gasteiger partial charge in [0.1, 0.15) is 28.1 Å². The number of nitrogens with zero attached hydrogens (tertiary/aromatic N) is 7. The maximum absolute atomic E-state index is 12.2. The van der Waals surface area contributed by atoms with Crippen LogP contribution in [0.4, 0.5) is 10.7 Å². The van der Waals surface area contributed by atoms with Crippen LogP contribution in [0.15, 0.2) is 59.5 Å². The summed E-state index contributed by atoms with van der Waals surface area (Å²) in [6.07, 6.45) is 3.81. The van der Waals surface area contributed by atoms with E-state index in [0.717, 1.165) is 4.68 Å². The summed E-state index contributed by atoms with van der Waals surface area (Å²) >= 11 is 0. The summed E-state index contributed by atoms with van der Waals surface area (Å²) in [4.78, 5) is 20.7. The number of nitrogen functional groups attached to an aromatic ring is 1. The van der Waals surface area contributed by atoms with Crippen LogP contribution in [0, 0.1) is 0 Å². The monoisotopic (exact) mass is 460 g/mol. The fourth-order valence-corrected chi connectivity index (χ4v) is 3.15. The van der Waals surface area contributed by atoms with Crippen LogP contribution < -0.4 is 10.5 Å². The first-order chi connectivity index (χ1) is 16.2. The molecule has 0 unspecified atom stereocenters. The number of anilines is 1. The molecule has 172 valence electrons. The van der Waals surface area contributed by atoms with Gasteiger partial charge in [0, 0.05) is 12.1 Å². The van der Waals surface area contributed by atoms with Crippen molar-refractivity contribution in [2.75, 3.05) is 5.73 Å². The van der Waals surface area contributed by atoms with E-state index < -0.39 is 11.7 Å². The number of carbonyl (C=O) groups is 1. The molecule has 0 aliphatic rings. The molecule has 5 aromatic rings. The van der Waals surface area contributed by atoms with Crippen molar-refractivity contribution in [1.82, 2.24) is 34.7 Å². The van der Waals surface area contributed by atoms with E-state index in [2.05, 4.69) is 25.4 Å². The molecule has 12 heteroatoms. The van der Waals surface area contributed by atoms with Crippen LogP contribution in [0.1, 0.15) is 20.8 Å². The topological polar surface area (TPSA) is 149 Å². The second-order valence-corrected chi connectivity index (χ2v) is 8.30. The first-order valence-corrected chi connectivity index (χ1v) is 10.3. The maximum Gasteiger partial charge on any atom is 0.435 e. The van der Waals surface area contributed by atoms with Crippen molar-refractivity contribution < 1.29 is 18.7 Å². The minimum Gasteiger partial charge on any atom is -0.463 e. The average molecular weight is 460 g/mol. The molecule has 0 aliphatic heterocycles. The highest BCUT2D eigenvalue weighted by Gasteiger charge is 2.19. The third-order valence-corrected chi connectivity index (χ3v) is 4.51. The molecule has 0 bridgehead atoms. The van der Waals surface area contributed by atoms with Gasteiger partial charge in [-0.1, -0.05) is 5.21 Å². The number of hydrogen-bond donors (Lipinski definition) is 1. The molecule has 0 amide bonds. The Morgan fingerprint density at radius 3 is 2.74 bits per heavy atom. The van der Waals surface area contributed by atoms with Crippen LogP contribution in [-0.4, -0.2) is 46.4 Å². The Balaban J connectivity index is 1.44. The highest BCUT2D eigenvalue weighted by molar-refractivity contribution is 5.78. The van der Waals surface area contributed by atoms with E-state index in [4.69, 9.17) is 19.6 Å². The van der Waals surface area contributed by atoms with Crippen molar-refractivity contribution in [2.24, 2.45) is 0 Å². The van der Waals surface area contributed by atoms with Gasteiger partial charge in [-0.2, -0.15) is 19.4 Å². The van der Waals surface area contributed by atoms with Gasteiger partial charge >= 0.3 is 6.09 Å². The summed E-state index contributed by atoms with van der Waals surface area (Å²) < 4.78 is 19.2. The quantitative estimate of drug-likeness (QED) is 0.419. The summed E-state index contributed by atoms with van der Waals surface area (Å²) in [6.45, 7) is 5.34. The predicted octanol–water partition coefficient (Wildman–Crippen LogP) is 3.82. The molecule has 4 aromatic heterocycles. The van der Waals surface area contributed by atoms with Gasteiger partial charge in [0.25, 0.3) is 0 Å². The lowest BCUT2D eigenvalue weighted by Crippen LogP contribution is -2.27. The van der Waals surface area contributed by atoms with Crippen molar-refractivity contribution in [3.8, 4) is 28.8 Å². The third kappa shape index (κ3) is 4.28. The molecule has 0 spiro atoms. The van der Waals surface area contributed by atoms with Crippen molar-refractivity contribution in [3.05, 3.63) is 55.1 Å². The van der Waals surface area contributed by atoms with Gasteiger partial charge in [0.15, 0.2) is 17.3 Å². The van der Waals surface area contributed by atoms with E-state index in [1.165, 1.54) is 17.1 Å². The molecule has 0 atom stereocenters. The zero-order chi connectivity index (χ0) is 23.9. The van der Waals surface area contributed by atoms with Crippen LogP contribution in [0.2, 0.25) is 0 Å². The lowest BCUT2D eigenvalue weighted by atomic mass is 10.2. The van der Waals surface area contributed by atoms with Gasteiger partial charge in [-0.05, 0) is 45.0 Å². The lowest BCUT2D eigenvalue weighted by Gasteiger charge is -2.18. The molecule has 12 nitrogen and oxygen atoms in total. The number of carbonyl (C=O) groups excluding carboxylic acids is 1. The SMILES string of the molecule is CC(C)(C)OC(=O)n1cc(Oc2ccc3nnn(-c4cc(-c5ccco5)nc(N)n4)c3c2)cn1. The predicted molar refractivity (Wildman–Crippen MR) is 121 cm³/mol. The number of aromatic nitrogens is 7. The standard InChI is InChI=1S/C22H20N8O4/c1-22(2,3)34-21(31)29-12-14(11-24-29)33-13-6-7-15-17(9-13)30(28-27-15)19-10-16(25-20(23)26-19)18-5-4-8-32-18/h4-12H,1-3H3,(H2,23,25,26). The Hall–Kier alpha value is -4.74. The van der Waals surface area contributed by atoms with Crippen LogP contribution in [0.5, 0.6) is 11.5 Å². The van der Waals surface area contributed by atoms with E-state index in [1.807, 2.05) is 0 Å². The first kappa shape index (κ1) is 21.1. The lowest BCUT2D eigenvalue weighted by molar-refractivity contribution is 0.0514.